The number of carbonyl (C=O) groups excluding carboxylic acids is 1. The van der Waals surface area contributed by atoms with Gasteiger partial charge in [-0.3, -0.25) is 4.68 Å². The minimum atomic E-state index is -4.21. The van der Waals surface area contributed by atoms with Crippen LogP contribution in [0.1, 0.15) is 35.1 Å². The van der Waals surface area contributed by atoms with E-state index in [0.29, 0.717) is 0 Å². The number of hydrogen-bond donors (Lipinski definition) is 2. The van der Waals surface area contributed by atoms with Crippen LogP contribution in [0.4, 0.5) is 19.3 Å². The zero-order chi connectivity index (χ0) is 19.9. The fraction of sp³-hybridized carbons (Fsp3) is 0.444. The molecule has 0 spiro atoms. The number of sulfonamides is 1. The number of anilines is 1. The van der Waals surface area contributed by atoms with Crippen LogP contribution >= 0.6 is 0 Å². The smallest absolute Gasteiger partial charge is 0.307 e. The third-order valence-corrected chi connectivity index (χ3v) is 6.47. The standard InChI is InChI=1S/C18H20F2N4O3S.Na/c19-16(20)10-24-9-13(8-21-24)28(26,27)23-18(25)22-17-14-5-1-3-11(14)7-12-4-2-6-15(12)17;/h7-9,16H,1-6,10H2,(H2,22,23,25);. The van der Waals surface area contributed by atoms with Gasteiger partial charge in [0.15, 0.2) is 0 Å². The number of nitrogens with one attached hydrogen (secondary N) is 2. The van der Waals surface area contributed by atoms with Gasteiger partial charge in [-0.05, 0) is 60.8 Å². The molecule has 29 heavy (non-hydrogen) atoms. The van der Waals surface area contributed by atoms with Crippen molar-refractivity contribution >= 4 is 51.3 Å². The number of carbonyl (C=O) groups is 1. The number of alkyl halides is 2. The van der Waals surface area contributed by atoms with Crippen molar-refractivity contribution in [3.05, 3.63) is 40.7 Å². The predicted octanol–water partition coefficient (Wildman–Crippen LogP) is 2.26. The molecule has 1 heterocycles. The van der Waals surface area contributed by atoms with Gasteiger partial charge in [0.1, 0.15) is 11.4 Å². The Labute approximate surface area is 189 Å². The molecule has 2 aliphatic carbocycles. The first-order valence-corrected chi connectivity index (χ1v) is 10.6. The Morgan fingerprint density at radius 2 is 1.76 bits per heavy atom. The van der Waals surface area contributed by atoms with Gasteiger partial charge < -0.3 is 5.32 Å². The fourth-order valence-corrected chi connectivity index (χ4v) is 4.87. The van der Waals surface area contributed by atoms with Crippen LogP contribution in [-0.2, 0) is 42.3 Å². The third-order valence-electron chi connectivity index (χ3n) is 5.18. The molecule has 0 fully saturated rings. The Morgan fingerprint density at radius 1 is 1.14 bits per heavy atom. The zero-order valence-electron chi connectivity index (χ0n) is 16.0. The quantitative estimate of drug-likeness (QED) is 0.708. The average molecular weight is 433 g/mol. The largest absolute Gasteiger partial charge is 0.333 e. The van der Waals surface area contributed by atoms with Gasteiger partial charge >= 0.3 is 6.03 Å². The molecule has 0 aliphatic heterocycles. The van der Waals surface area contributed by atoms with E-state index in [1.54, 1.807) is 0 Å². The van der Waals surface area contributed by atoms with Crippen molar-refractivity contribution in [3.63, 3.8) is 0 Å². The molecule has 2 aromatic rings. The van der Waals surface area contributed by atoms with Crippen LogP contribution in [0.2, 0.25) is 0 Å². The fourth-order valence-electron chi connectivity index (χ4n) is 4.01. The zero-order valence-corrected chi connectivity index (χ0v) is 18.9. The SMILES string of the molecule is O=C(Nc1c2c(cc3c1CCC3)CCC2)NS(=O)(=O)c1cnn(CC(F)F)c1.[Na]. The summed E-state index contributed by atoms with van der Waals surface area (Å²) in [4.78, 5) is 12.1. The number of benzene rings is 1. The summed E-state index contributed by atoms with van der Waals surface area (Å²) in [6.07, 6.45) is 4.90. The summed E-state index contributed by atoms with van der Waals surface area (Å²) in [5.41, 5.74) is 5.32. The summed E-state index contributed by atoms with van der Waals surface area (Å²) in [6, 6.07) is 1.35. The van der Waals surface area contributed by atoms with Crippen molar-refractivity contribution in [2.45, 2.75) is 56.4 Å². The Bertz CT molecular complexity index is 1010. The molecule has 7 nitrogen and oxygen atoms in total. The molecule has 2 aliphatic rings. The van der Waals surface area contributed by atoms with Gasteiger partial charge in [-0.2, -0.15) is 5.10 Å². The average Bonchev–Trinajstić information content (AvgIpc) is 3.32. The molecule has 2 N–H and O–H groups in total. The number of fused-ring (bicyclic) bond motifs is 2. The predicted molar refractivity (Wildman–Crippen MR) is 104 cm³/mol. The molecule has 2 amide bonds. The number of urea groups is 1. The van der Waals surface area contributed by atoms with Gasteiger partial charge in [-0.15, -0.1) is 0 Å². The van der Waals surface area contributed by atoms with Crippen molar-refractivity contribution in [3.8, 4) is 0 Å². The van der Waals surface area contributed by atoms with Crippen LogP contribution in [0, 0.1) is 0 Å². The Hall–Kier alpha value is -1.49. The van der Waals surface area contributed by atoms with E-state index >= 15 is 0 Å². The summed E-state index contributed by atoms with van der Waals surface area (Å²) >= 11 is 0. The molecule has 0 bridgehead atoms. The molecule has 0 atom stereocenters. The van der Waals surface area contributed by atoms with Crippen LogP contribution in [0.15, 0.2) is 23.4 Å². The Morgan fingerprint density at radius 3 is 2.34 bits per heavy atom. The van der Waals surface area contributed by atoms with Gasteiger partial charge in [0, 0.05) is 41.4 Å². The van der Waals surface area contributed by atoms with Crippen molar-refractivity contribution in [2.75, 3.05) is 5.32 Å². The van der Waals surface area contributed by atoms with E-state index in [2.05, 4.69) is 16.5 Å². The van der Waals surface area contributed by atoms with E-state index < -0.39 is 29.0 Å². The normalized spacial score (nSPS) is 15.0. The number of hydrogen-bond acceptors (Lipinski definition) is 4. The van der Waals surface area contributed by atoms with Gasteiger partial charge in [0.05, 0.1) is 6.20 Å². The van der Waals surface area contributed by atoms with E-state index in [1.165, 1.54) is 11.1 Å². The van der Waals surface area contributed by atoms with Crippen molar-refractivity contribution in [1.29, 1.82) is 0 Å². The van der Waals surface area contributed by atoms with Crippen LogP contribution in [0.5, 0.6) is 0 Å². The van der Waals surface area contributed by atoms with Crippen molar-refractivity contribution < 1.29 is 22.0 Å². The van der Waals surface area contributed by atoms with Crippen molar-refractivity contribution in [1.82, 2.24) is 14.5 Å². The maximum atomic E-state index is 12.4. The topological polar surface area (TPSA) is 93.1 Å². The van der Waals surface area contributed by atoms with Gasteiger partial charge in [-0.25, -0.2) is 26.7 Å². The minimum absolute atomic E-state index is 0. The molecule has 1 aromatic carbocycles. The molecule has 0 unspecified atom stereocenters. The number of halogens is 2. The van der Waals surface area contributed by atoms with Crippen molar-refractivity contribution in [2.24, 2.45) is 0 Å². The maximum absolute atomic E-state index is 12.4. The first kappa shape index (κ1) is 22.2. The second kappa shape index (κ2) is 8.71. The van der Waals surface area contributed by atoms with Crippen LogP contribution < -0.4 is 10.0 Å². The maximum Gasteiger partial charge on any atom is 0.333 e. The second-order valence-electron chi connectivity index (χ2n) is 7.08. The first-order chi connectivity index (χ1) is 13.3. The third kappa shape index (κ3) is 4.65. The Balaban J connectivity index is 0.00000240. The second-order valence-corrected chi connectivity index (χ2v) is 8.77. The summed E-state index contributed by atoms with van der Waals surface area (Å²) in [5, 5.41) is 6.33. The number of rotatable bonds is 5. The molecule has 151 valence electrons. The molecule has 0 saturated heterocycles. The van der Waals surface area contributed by atoms with Crippen LogP contribution in [0.3, 0.4) is 0 Å². The van der Waals surface area contributed by atoms with E-state index in [4.69, 9.17) is 0 Å². The van der Waals surface area contributed by atoms with E-state index in [-0.39, 0.29) is 34.5 Å². The summed E-state index contributed by atoms with van der Waals surface area (Å²) in [7, 11) is -4.21. The molecule has 1 radical (unpaired) electrons. The summed E-state index contributed by atoms with van der Waals surface area (Å²) in [6.45, 7) is -0.718. The molecular weight excluding hydrogens is 413 g/mol. The number of aryl methyl sites for hydroxylation is 2. The van der Waals surface area contributed by atoms with E-state index in [9.17, 15) is 22.0 Å². The Kier molecular flexibility index (Phi) is 6.67. The molecular formula is C18H20F2N4NaO3S. The molecule has 0 saturated carbocycles. The number of aromatic nitrogens is 2. The van der Waals surface area contributed by atoms with Gasteiger partial charge in [0.25, 0.3) is 16.4 Å². The van der Waals surface area contributed by atoms with Crippen LogP contribution in [0.25, 0.3) is 0 Å². The van der Waals surface area contributed by atoms with E-state index in [1.807, 2.05) is 4.72 Å². The van der Waals surface area contributed by atoms with Gasteiger partial charge in [-0.1, -0.05) is 6.07 Å². The van der Waals surface area contributed by atoms with Gasteiger partial charge in [0.2, 0.25) is 0 Å². The monoisotopic (exact) mass is 433 g/mol. The first-order valence-electron chi connectivity index (χ1n) is 9.14. The number of amides is 2. The minimum Gasteiger partial charge on any atom is -0.307 e. The molecule has 11 heteroatoms. The summed E-state index contributed by atoms with van der Waals surface area (Å²) in [5.74, 6) is 0. The van der Waals surface area contributed by atoms with E-state index in [0.717, 1.165) is 72.4 Å². The molecule has 4 rings (SSSR count). The summed E-state index contributed by atoms with van der Waals surface area (Å²) < 4.78 is 52.4. The molecule has 1 aromatic heterocycles. The number of nitrogens with zero attached hydrogens (tertiary/aromatic N) is 2. The van der Waals surface area contributed by atoms with Crippen LogP contribution in [-0.4, -0.2) is 60.2 Å².